The van der Waals surface area contributed by atoms with Gasteiger partial charge in [-0.1, -0.05) is 30.0 Å². The smallest absolute Gasteiger partial charge is 0.136 e. The molecule has 1 aromatic rings. The molecule has 1 aromatic carbocycles. The van der Waals surface area contributed by atoms with Crippen molar-refractivity contribution in [2.75, 3.05) is 0 Å². The van der Waals surface area contributed by atoms with E-state index in [-0.39, 0.29) is 0 Å². The van der Waals surface area contributed by atoms with Crippen LogP contribution in [0, 0.1) is 0 Å². The number of hydrogen-bond donors (Lipinski definition) is 3. The third kappa shape index (κ3) is 2.81. The zero-order chi connectivity index (χ0) is 12.4. The predicted molar refractivity (Wildman–Crippen MR) is 64.7 cm³/mol. The van der Waals surface area contributed by atoms with Crippen molar-refractivity contribution in [3.05, 3.63) is 30.3 Å². The van der Waals surface area contributed by atoms with Crippen LogP contribution < -0.4 is 0 Å². The zero-order valence-electron chi connectivity index (χ0n) is 9.43. The predicted octanol–water partition coefficient (Wildman–Crippen LogP) is 0.606. The lowest BCUT2D eigenvalue weighted by molar-refractivity contribution is -0.192. The molecule has 2 rings (SSSR count). The summed E-state index contributed by atoms with van der Waals surface area (Å²) in [4.78, 5) is 0.951. The molecule has 5 heteroatoms. The van der Waals surface area contributed by atoms with Gasteiger partial charge >= 0.3 is 0 Å². The van der Waals surface area contributed by atoms with Gasteiger partial charge in [0.15, 0.2) is 0 Å². The van der Waals surface area contributed by atoms with Crippen LogP contribution in [0.1, 0.15) is 6.92 Å². The molecule has 0 spiro atoms. The summed E-state index contributed by atoms with van der Waals surface area (Å²) < 4.78 is 5.49. The lowest BCUT2D eigenvalue weighted by atomic mass is 10.0. The topological polar surface area (TPSA) is 69.9 Å². The Morgan fingerprint density at radius 2 is 1.65 bits per heavy atom. The van der Waals surface area contributed by atoms with E-state index in [1.54, 1.807) is 6.92 Å². The lowest BCUT2D eigenvalue weighted by Crippen LogP contribution is -2.55. The van der Waals surface area contributed by atoms with Gasteiger partial charge in [-0.15, -0.1) is 0 Å². The van der Waals surface area contributed by atoms with Gasteiger partial charge in [-0.2, -0.15) is 0 Å². The van der Waals surface area contributed by atoms with Gasteiger partial charge < -0.3 is 20.1 Å². The molecular weight excluding hydrogens is 240 g/mol. The van der Waals surface area contributed by atoms with Gasteiger partial charge in [-0.05, 0) is 19.1 Å². The van der Waals surface area contributed by atoms with Gasteiger partial charge in [0.1, 0.15) is 23.7 Å². The molecule has 1 aliphatic rings. The standard InChI is InChI=1S/C12H16O4S/c1-7-9(13)10(14)11(15)12(16-7)17-8-5-3-2-4-6-8/h2-7,9-15H,1H3/t7-,9+,10+,11-,12-/m0/s1. The Labute approximate surface area is 104 Å². The Morgan fingerprint density at radius 1 is 1.00 bits per heavy atom. The molecule has 0 unspecified atom stereocenters. The van der Waals surface area contributed by atoms with E-state index >= 15 is 0 Å². The molecule has 94 valence electrons. The summed E-state index contributed by atoms with van der Waals surface area (Å²) in [5.74, 6) is 0. The molecule has 0 radical (unpaired) electrons. The largest absolute Gasteiger partial charge is 0.388 e. The molecule has 0 amide bonds. The summed E-state index contributed by atoms with van der Waals surface area (Å²) in [5, 5.41) is 29.1. The molecule has 3 N–H and O–H groups in total. The number of ether oxygens (including phenoxy) is 1. The minimum atomic E-state index is -1.17. The third-order valence-corrected chi connectivity index (χ3v) is 3.97. The monoisotopic (exact) mass is 256 g/mol. The fourth-order valence-electron chi connectivity index (χ4n) is 1.74. The van der Waals surface area contributed by atoms with Crippen molar-refractivity contribution in [1.82, 2.24) is 0 Å². The van der Waals surface area contributed by atoms with Gasteiger partial charge in [0, 0.05) is 4.90 Å². The molecule has 1 heterocycles. The summed E-state index contributed by atoms with van der Waals surface area (Å²) in [5.41, 5.74) is -0.564. The van der Waals surface area contributed by atoms with Crippen LogP contribution >= 0.6 is 11.8 Å². The van der Waals surface area contributed by atoms with Crippen molar-refractivity contribution in [3.63, 3.8) is 0 Å². The van der Waals surface area contributed by atoms with Crippen molar-refractivity contribution in [2.45, 2.75) is 41.7 Å². The van der Waals surface area contributed by atoms with E-state index in [0.717, 1.165) is 4.90 Å². The van der Waals surface area contributed by atoms with Gasteiger partial charge in [0.2, 0.25) is 0 Å². The van der Waals surface area contributed by atoms with Crippen LogP contribution in [0.15, 0.2) is 35.2 Å². The molecule has 0 aliphatic carbocycles. The third-order valence-electron chi connectivity index (χ3n) is 2.80. The Bertz CT molecular complexity index is 359. The van der Waals surface area contributed by atoms with Gasteiger partial charge in [0.05, 0.1) is 6.10 Å². The number of hydrogen-bond acceptors (Lipinski definition) is 5. The summed E-state index contributed by atoms with van der Waals surface area (Å²) in [6, 6.07) is 9.51. The summed E-state index contributed by atoms with van der Waals surface area (Å²) >= 11 is 1.34. The first-order valence-electron chi connectivity index (χ1n) is 5.51. The minimum Gasteiger partial charge on any atom is -0.388 e. The highest BCUT2D eigenvalue weighted by Crippen LogP contribution is 2.32. The summed E-state index contributed by atoms with van der Waals surface area (Å²) in [7, 11) is 0. The molecule has 0 saturated carbocycles. The van der Waals surface area contributed by atoms with Gasteiger partial charge in [-0.3, -0.25) is 0 Å². The van der Waals surface area contributed by atoms with Crippen LogP contribution in [0.5, 0.6) is 0 Å². The highest BCUT2D eigenvalue weighted by Gasteiger charge is 2.42. The van der Waals surface area contributed by atoms with Crippen LogP contribution in [0.4, 0.5) is 0 Å². The average Bonchev–Trinajstić information content (AvgIpc) is 2.35. The molecule has 1 fully saturated rings. The van der Waals surface area contributed by atoms with Crippen LogP contribution in [0.2, 0.25) is 0 Å². The van der Waals surface area contributed by atoms with Crippen molar-refractivity contribution >= 4 is 11.8 Å². The van der Waals surface area contributed by atoms with E-state index in [4.69, 9.17) is 4.74 Å². The first-order chi connectivity index (χ1) is 8.09. The quantitative estimate of drug-likeness (QED) is 0.723. The SMILES string of the molecule is C[C@@H]1O[C@@H](Sc2ccccc2)[C@@H](O)[C@H](O)[C@@H]1O. The Kier molecular flexibility index (Phi) is 4.06. The highest BCUT2D eigenvalue weighted by molar-refractivity contribution is 7.99. The number of aliphatic hydroxyl groups is 3. The first kappa shape index (κ1) is 12.9. The van der Waals surface area contributed by atoms with E-state index in [2.05, 4.69) is 0 Å². The van der Waals surface area contributed by atoms with E-state index in [1.165, 1.54) is 11.8 Å². The van der Waals surface area contributed by atoms with E-state index < -0.39 is 29.9 Å². The van der Waals surface area contributed by atoms with Crippen LogP contribution in [0.25, 0.3) is 0 Å². The van der Waals surface area contributed by atoms with Crippen LogP contribution in [-0.2, 0) is 4.74 Å². The van der Waals surface area contributed by atoms with E-state index in [0.29, 0.717) is 0 Å². The Morgan fingerprint density at radius 3 is 2.29 bits per heavy atom. The average molecular weight is 256 g/mol. The van der Waals surface area contributed by atoms with E-state index in [1.807, 2.05) is 30.3 Å². The second-order valence-corrected chi connectivity index (χ2v) is 5.28. The Balaban J connectivity index is 2.06. The van der Waals surface area contributed by atoms with Crippen molar-refractivity contribution in [3.8, 4) is 0 Å². The normalized spacial score (nSPS) is 38.0. The molecule has 0 aromatic heterocycles. The second-order valence-electron chi connectivity index (χ2n) is 4.11. The van der Waals surface area contributed by atoms with E-state index in [9.17, 15) is 15.3 Å². The van der Waals surface area contributed by atoms with Gasteiger partial charge in [0.25, 0.3) is 0 Å². The molecule has 5 atom stereocenters. The molecule has 17 heavy (non-hydrogen) atoms. The fraction of sp³-hybridized carbons (Fsp3) is 0.500. The molecule has 1 saturated heterocycles. The fourth-order valence-corrected chi connectivity index (χ4v) is 2.86. The maximum Gasteiger partial charge on any atom is 0.136 e. The first-order valence-corrected chi connectivity index (χ1v) is 6.39. The molecule has 4 nitrogen and oxygen atoms in total. The lowest BCUT2D eigenvalue weighted by Gasteiger charge is -2.38. The highest BCUT2D eigenvalue weighted by atomic mass is 32.2. The molecular formula is C12H16O4S. The van der Waals surface area contributed by atoms with Crippen LogP contribution in [0.3, 0.4) is 0 Å². The number of rotatable bonds is 2. The number of benzene rings is 1. The molecule has 1 aliphatic heterocycles. The van der Waals surface area contributed by atoms with Crippen molar-refractivity contribution in [1.29, 1.82) is 0 Å². The Hall–Kier alpha value is -0.590. The number of thioether (sulfide) groups is 1. The van der Waals surface area contributed by atoms with Crippen molar-refractivity contribution < 1.29 is 20.1 Å². The maximum absolute atomic E-state index is 9.83. The zero-order valence-corrected chi connectivity index (χ0v) is 10.2. The maximum atomic E-state index is 9.83. The van der Waals surface area contributed by atoms with Gasteiger partial charge in [-0.25, -0.2) is 0 Å². The van der Waals surface area contributed by atoms with Crippen molar-refractivity contribution in [2.24, 2.45) is 0 Å². The van der Waals surface area contributed by atoms with Crippen LogP contribution in [-0.4, -0.2) is 45.2 Å². The minimum absolute atomic E-state index is 0.491. The molecule has 0 bridgehead atoms. The second kappa shape index (κ2) is 5.37. The summed E-state index contributed by atoms with van der Waals surface area (Å²) in [6.07, 6.45) is -3.79. The summed E-state index contributed by atoms with van der Waals surface area (Å²) in [6.45, 7) is 1.68. The number of aliphatic hydroxyl groups excluding tert-OH is 3.